The number of hydrogen-bond donors (Lipinski definition) is 1. The number of ether oxygens (including phenoxy) is 2. The van der Waals surface area contributed by atoms with Crippen LogP contribution in [0.2, 0.25) is 0 Å². The molecule has 1 aromatic carbocycles. The molecule has 3 aromatic rings. The molecule has 4 rings (SSSR count). The van der Waals surface area contributed by atoms with Crippen molar-refractivity contribution >= 4 is 0 Å². The molecule has 29 heavy (non-hydrogen) atoms. The number of hydrogen-bond acceptors (Lipinski definition) is 6. The molecule has 0 saturated heterocycles. The molecule has 0 fully saturated rings. The largest absolute Gasteiger partial charge is 0.496 e. The molecule has 1 aliphatic heterocycles. The summed E-state index contributed by atoms with van der Waals surface area (Å²) in [5.74, 6) is 2.23. The highest BCUT2D eigenvalue weighted by molar-refractivity contribution is 5.54. The summed E-state index contributed by atoms with van der Waals surface area (Å²) in [6.45, 7) is 4.12. The standard InChI is InChI=1S/C22H24N4O3/c1-14-19(28-2)5-4-16(20(14)29-3)12-26-11-8-17-18(13-26)24-21(25-22(17)27)15-6-9-23-10-7-15/h4-7,9-10H,8,11-13H2,1-3H3,(H,24,25,27). The molecule has 3 heterocycles. The first-order valence-electron chi connectivity index (χ1n) is 9.56. The third-order valence-corrected chi connectivity index (χ3v) is 5.36. The van der Waals surface area contributed by atoms with E-state index >= 15 is 0 Å². The molecule has 1 aliphatic rings. The Morgan fingerprint density at radius 3 is 2.66 bits per heavy atom. The van der Waals surface area contributed by atoms with E-state index in [0.29, 0.717) is 25.3 Å². The van der Waals surface area contributed by atoms with Crippen LogP contribution in [-0.4, -0.2) is 40.6 Å². The van der Waals surface area contributed by atoms with Gasteiger partial charge in [0.2, 0.25) is 0 Å². The fourth-order valence-corrected chi connectivity index (χ4v) is 3.88. The first-order chi connectivity index (χ1) is 14.1. The van der Waals surface area contributed by atoms with Gasteiger partial charge in [0.25, 0.3) is 5.56 Å². The first kappa shape index (κ1) is 19.1. The molecule has 0 bridgehead atoms. The number of aromatic amines is 1. The maximum atomic E-state index is 12.6. The lowest BCUT2D eigenvalue weighted by molar-refractivity contribution is 0.236. The fraction of sp³-hybridized carbons (Fsp3) is 0.318. The fourth-order valence-electron chi connectivity index (χ4n) is 3.88. The van der Waals surface area contributed by atoms with Crippen molar-refractivity contribution in [2.24, 2.45) is 0 Å². The minimum Gasteiger partial charge on any atom is -0.496 e. The molecule has 1 N–H and O–H groups in total. The summed E-state index contributed by atoms with van der Waals surface area (Å²) in [5.41, 5.74) is 4.48. The lowest BCUT2D eigenvalue weighted by Crippen LogP contribution is -2.35. The van der Waals surface area contributed by atoms with Crippen molar-refractivity contribution in [1.82, 2.24) is 19.9 Å². The van der Waals surface area contributed by atoms with Gasteiger partial charge in [-0.2, -0.15) is 0 Å². The quantitative estimate of drug-likeness (QED) is 0.719. The van der Waals surface area contributed by atoms with Crippen LogP contribution in [0.15, 0.2) is 41.5 Å². The van der Waals surface area contributed by atoms with E-state index < -0.39 is 0 Å². The number of methoxy groups -OCH3 is 2. The SMILES string of the molecule is COc1ccc(CN2CCc3c(nc(-c4ccncc4)[nH]c3=O)C2)c(OC)c1C. The lowest BCUT2D eigenvalue weighted by Gasteiger charge is -2.28. The van der Waals surface area contributed by atoms with Gasteiger partial charge in [-0.15, -0.1) is 0 Å². The van der Waals surface area contributed by atoms with Crippen LogP contribution in [0.3, 0.4) is 0 Å². The highest BCUT2D eigenvalue weighted by atomic mass is 16.5. The maximum Gasteiger partial charge on any atom is 0.254 e. The van der Waals surface area contributed by atoms with Crippen molar-refractivity contribution in [3.05, 3.63) is 69.4 Å². The zero-order chi connectivity index (χ0) is 20.4. The Hall–Kier alpha value is -3.19. The van der Waals surface area contributed by atoms with Gasteiger partial charge in [-0.3, -0.25) is 14.7 Å². The normalized spacial score (nSPS) is 13.8. The van der Waals surface area contributed by atoms with E-state index in [0.717, 1.165) is 46.0 Å². The van der Waals surface area contributed by atoms with Gasteiger partial charge in [0.05, 0.1) is 19.9 Å². The molecule has 7 heteroatoms. The van der Waals surface area contributed by atoms with Gasteiger partial charge in [-0.25, -0.2) is 4.98 Å². The second kappa shape index (κ2) is 8.05. The summed E-state index contributed by atoms with van der Waals surface area (Å²) in [4.78, 5) is 26.5. The topological polar surface area (TPSA) is 80.3 Å². The van der Waals surface area contributed by atoms with Crippen molar-refractivity contribution in [1.29, 1.82) is 0 Å². The highest BCUT2D eigenvalue weighted by Crippen LogP contribution is 2.32. The average Bonchev–Trinajstić information content (AvgIpc) is 2.74. The van der Waals surface area contributed by atoms with Crippen molar-refractivity contribution in [2.45, 2.75) is 26.4 Å². The molecule has 2 aromatic heterocycles. The van der Waals surface area contributed by atoms with Crippen molar-refractivity contribution in [2.75, 3.05) is 20.8 Å². The Morgan fingerprint density at radius 2 is 1.93 bits per heavy atom. The average molecular weight is 392 g/mol. The van der Waals surface area contributed by atoms with Gasteiger partial charge < -0.3 is 14.5 Å². The van der Waals surface area contributed by atoms with Crippen molar-refractivity contribution in [3.63, 3.8) is 0 Å². The summed E-state index contributed by atoms with van der Waals surface area (Å²) < 4.78 is 11.0. The van der Waals surface area contributed by atoms with Crippen molar-refractivity contribution in [3.8, 4) is 22.9 Å². The molecule has 0 spiro atoms. The van der Waals surface area contributed by atoms with Gasteiger partial charge in [0.15, 0.2) is 0 Å². The van der Waals surface area contributed by atoms with Gasteiger partial charge in [0.1, 0.15) is 17.3 Å². The maximum absolute atomic E-state index is 12.6. The van der Waals surface area contributed by atoms with Crippen LogP contribution in [0.1, 0.15) is 22.4 Å². The van der Waals surface area contributed by atoms with Crippen molar-refractivity contribution < 1.29 is 9.47 Å². The summed E-state index contributed by atoms with van der Waals surface area (Å²) in [7, 11) is 3.34. The Morgan fingerprint density at radius 1 is 1.14 bits per heavy atom. The molecule has 0 saturated carbocycles. The first-order valence-corrected chi connectivity index (χ1v) is 9.56. The summed E-state index contributed by atoms with van der Waals surface area (Å²) in [5, 5.41) is 0. The Labute approximate surface area is 169 Å². The number of pyridine rings is 1. The highest BCUT2D eigenvalue weighted by Gasteiger charge is 2.23. The van der Waals surface area contributed by atoms with Crippen LogP contribution >= 0.6 is 0 Å². The molecular formula is C22H24N4O3. The number of fused-ring (bicyclic) bond motifs is 1. The summed E-state index contributed by atoms with van der Waals surface area (Å²) >= 11 is 0. The second-order valence-electron chi connectivity index (χ2n) is 7.12. The van der Waals surface area contributed by atoms with E-state index in [1.165, 1.54) is 0 Å². The van der Waals surface area contributed by atoms with Crippen LogP contribution < -0.4 is 15.0 Å². The van der Waals surface area contributed by atoms with E-state index in [4.69, 9.17) is 14.5 Å². The van der Waals surface area contributed by atoms with E-state index in [1.807, 2.05) is 31.2 Å². The van der Waals surface area contributed by atoms with Crippen LogP contribution in [0.4, 0.5) is 0 Å². The molecule has 0 radical (unpaired) electrons. The molecule has 150 valence electrons. The van der Waals surface area contributed by atoms with Gasteiger partial charge in [-0.05, 0) is 31.5 Å². The summed E-state index contributed by atoms with van der Waals surface area (Å²) in [6.07, 6.45) is 4.06. The smallest absolute Gasteiger partial charge is 0.254 e. The number of benzene rings is 1. The summed E-state index contributed by atoms with van der Waals surface area (Å²) in [6, 6.07) is 7.69. The third kappa shape index (κ3) is 3.73. The molecule has 7 nitrogen and oxygen atoms in total. The molecule has 0 amide bonds. The van der Waals surface area contributed by atoms with Gasteiger partial charge in [-0.1, -0.05) is 6.07 Å². The van der Waals surface area contributed by atoms with E-state index in [9.17, 15) is 4.79 Å². The minimum absolute atomic E-state index is 0.0562. The third-order valence-electron chi connectivity index (χ3n) is 5.36. The van der Waals surface area contributed by atoms with E-state index in [2.05, 4.69) is 14.9 Å². The molecular weight excluding hydrogens is 368 g/mol. The zero-order valence-corrected chi connectivity index (χ0v) is 16.9. The zero-order valence-electron chi connectivity index (χ0n) is 16.9. The number of nitrogens with zero attached hydrogens (tertiary/aromatic N) is 3. The van der Waals surface area contributed by atoms with E-state index in [-0.39, 0.29) is 5.56 Å². The predicted molar refractivity (Wildman–Crippen MR) is 110 cm³/mol. The van der Waals surface area contributed by atoms with Crippen LogP contribution in [0, 0.1) is 6.92 Å². The minimum atomic E-state index is -0.0562. The Bertz CT molecular complexity index is 1080. The Kier molecular flexibility index (Phi) is 5.31. The number of aromatic nitrogens is 3. The molecule has 0 unspecified atom stereocenters. The van der Waals surface area contributed by atoms with Gasteiger partial charge in [0, 0.05) is 54.3 Å². The van der Waals surface area contributed by atoms with Crippen LogP contribution in [0.5, 0.6) is 11.5 Å². The van der Waals surface area contributed by atoms with E-state index in [1.54, 1.807) is 26.6 Å². The monoisotopic (exact) mass is 392 g/mol. The molecule has 0 aliphatic carbocycles. The second-order valence-corrected chi connectivity index (χ2v) is 7.12. The van der Waals surface area contributed by atoms with Crippen LogP contribution in [0.25, 0.3) is 11.4 Å². The number of nitrogens with one attached hydrogen (secondary N) is 1. The Balaban J connectivity index is 1.62. The predicted octanol–water partition coefficient (Wildman–Crippen LogP) is 2.72. The lowest BCUT2D eigenvalue weighted by atomic mass is 10.0. The molecule has 0 atom stereocenters. The number of H-pyrrole nitrogens is 1. The number of rotatable bonds is 5. The van der Waals surface area contributed by atoms with Crippen LogP contribution in [-0.2, 0) is 19.5 Å². The van der Waals surface area contributed by atoms with Gasteiger partial charge >= 0.3 is 0 Å².